The molecular formula is C12H29N. The molecule has 13 heavy (non-hydrogen) atoms. The van der Waals surface area contributed by atoms with Crippen molar-refractivity contribution in [2.45, 2.75) is 65.8 Å². The van der Waals surface area contributed by atoms with Gasteiger partial charge in [-0.1, -0.05) is 47.0 Å². The fraction of sp³-hybridized carbons (Fsp3) is 1.00. The Morgan fingerprint density at radius 1 is 0.923 bits per heavy atom. The molecule has 0 spiro atoms. The van der Waals surface area contributed by atoms with Crippen LogP contribution in [-0.2, 0) is 0 Å². The van der Waals surface area contributed by atoms with E-state index in [4.69, 9.17) is 0 Å². The fourth-order valence-electron chi connectivity index (χ4n) is 1.43. The third-order valence-corrected chi connectivity index (χ3v) is 2.24. The molecule has 1 atom stereocenters. The van der Waals surface area contributed by atoms with E-state index in [1.807, 2.05) is 13.8 Å². The maximum absolute atomic E-state index is 2.36. The van der Waals surface area contributed by atoms with Crippen molar-refractivity contribution in [3.63, 3.8) is 0 Å². The Bertz CT molecular complexity index is 79.2. The lowest BCUT2D eigenvalue weighted by Gasteiger charge is -2.23. The monoisotopic (exact) mass is 187 g/mol. The van der Waals surface area contributed by atoms with Gasteiger partial charge >= 0.3 is 0 Å². The summed E-state index contributed by atoms with van der Waals surface area (Å²) in [6, 6.07) is 0.819. The first-order chi connectivity index (χ1) is 6.22. The number of rotatable bonds is 6. The first kappa shape index (κ1) is 15.4. The van der Waals surface area contributed by atoms with E-state index in [2.05, 4.69) is 32.8 Å². The third kappa shape index (κ3) is 9.88. The lowest BCUT2D eigenvalue weighted by atomic mass is 10.0. The maximum atomic E-state index is 2.36. The molecule has 1 unspecified atom stereocenters. The molecule has 82 valence electrons. The van der Waals surface area contributed by atoms with Gasteiger partial charge in [-0.3, -0.25) is 0 Å². The summed E-state index contributed by atoms with van der Waals surface area (Å²) in [5.41, 5.74) is 0. The van der Waals surface area contributed by atoms with E-state index >= 15 is 0 Å². The average molecular weight is 187 g/mol. The zero-order valence-corrected chi connectivity index (χ0v) is 10.6. The molecule has 0 N–H and O–H groups in total. The summed E-state index contributed by atoms with van der Waals surface area (Å²) in [5, 5.41) is 0. The Balaban J connectivity index is 0. The Morgan fingerprint density at radius 3 is 1.77 bits per heavy atom. The van der Waals surface area contributed by atoms with E-state index in [0.29, 0.717) is 0 Å². The Morgan fingerprint density at radius 2 is 1.46 bits per heavy atom. The van der Waals surface area contributed by atoms with Crippen molar-refractivity contribution in [3.05, 3.63) is 0 Å². The minimum absolute atomic E-state index is 0.819. The molecule has 0 aromatic rings. The van der Waals surface area contributed by atoms with Crippen LogP contribution >= 0.6 is 0 Å². The summed E-state index contributed by atoms with van der Waals surface area (Å²) in [6.45, 7) is 8.53. The summed E-state index contributed by atoms with van der Waals surface area (Å²) in [6.07, 6.45) is 6.74. The highest BCUT2D eigenvalue weighted by molar-refractivity contribution is 4.64. The maximum Gasteiger partial charge on any atom is 0.00890 e. The van der Waals surface area contributed by atoms with Crippen LogP contribution < -0.4 is 0 Å². The summed E-state index contributed by atoms with van der Waals surface area (Å²) >= 11 is 0. The molecule has 0 aliphatic carbocycles. The minimum Gasteiger partial charge on any atom is -0.306 e. The largest absolute Gasteiger partial charge is 0.306 e. The number of unbranched alkanes of at least 4 members (excludes halogenated alkanes) is 1. The summed E-state index contributed by atoms with van der Waals surface area (Å²) in [5.74, 6) is 0. The van der Waals surface area contributed by atoms with E-state index < -0.39 is 0 Å². The SMILES string of the molecule is CC.CCCCC(CCC)N(C)C. The molecule has 1 heteroatoms. The van der Waals surface area contributed by atoms with Gasteiger partial charge in [0.2, 0.25) is 0 Å². The van der Waals surface area contributed by atoms with Crippen molar-refractivity contribution >= 4 is 0 Å². The Hall–Kier alpha value is -0.0400. The van der Waals surface area contributed by atoms with Crippen LogP contribution in [0.3, 0.4) is 0 Å². The van der Waals surface area contributed by atoms with Crippen LogP contribution in [0.1, 0.15) is 59.8 Å². The predicted octanol–water partition coefficient (Wildman–Crippen LogP) is 3.93. The smallest absolute Gasteiger partial charge is 0.00890 e. The molecule has 0 aliphatic heterocycles. The van der Waals surface area contributed by atoms with Crippen LogP contribution in [0.5, 0.6) is 0 Å². The minimum atomic E-state index is 0.819. The van der Waals surface area contributed by atoms with Gasteiger partial charge in [-0.05, 0) is 26.9 Å². The van der Waals surface area contributed by atoms with Gasteiger partial charge in [0.25, 0.3) is 0 Å². The van der Waals surface area contributed by atoms with Gasteiger partial charge in [0.1, 0.15) is 0 Å². The number of hydrogen-bond acceptors (Lipinski definition) is 1. The lowest BCUT2D eigenvalue weighted by Crippen LogP contribution is -2.27. The third-order valence-electron chi connectivity index (χ3n) is 2.24. The van der Waals surface area contributed by atoms with Gasteiger partial charge in [-0.2, -0.15) is 0 Å². The Labute approximate surface area is 85.5 Å². The molecule has 1 nitrogen and oxygen atoms in total. The van der Waals surface area contributed by atoms with E-state index in [1.54, 1.807) is 0 Å². The van der Waals surface area contributed by atoms with Gasteiger partial charge in [0, 0.05) is 6.04 Å². The molecule has 0 radical (unpaired) electrons. The molecule has 0 aromatic carbocycles. The molecule has 0 heterocycles. The average Bonchev–Trinajstić information content (AvgIpc) is 2.15. The van der Waals surface area contributed by atoms with Gasteiger partial charge < -0.3 is 4.90 Å². The van der Waals surface area contributed by atoms with Crippen molar-refractivity contribution in [2.24, 2.45) is 0 Å². The van der Waals surface area contributed by atoms with Gasteiger partial charge in [0.15, 0.2) is 0 Å². The normalized spacial score (nSPS) is 12.2. The highest BCUT2D eigenvalue weighted by Crippen LogP contribution is 2.10. The van der Waals surface area contributed by atoms with Crippen LogP contribution in [0.2, 0.25) is 0 Å². The van der Waals surface area contributed by atoms with Crippen molar-refractivity contribution in [1.82, 2.24) is 4.90 Å². The van der Waals surface area contributed by atoms with E-state index in [9.17, 15) is 0 Å². The summed E-state index contributed by atoms with van der Waals surface area (Å²) < 4.78 is 0. The molecule has 0 fully saturated rings. The number of hydrogen-bond donors (Lipinski definition) is 0. The van der Waals surface area contributed by atoms with Crippen LogP contribution in [0.4, 0.5) is 0 Å². The molecule has 0 saturated carbocycles. The van der Waals surface area contributed by atoms with Crippen LogP contribution in [-0.4, -0.2) is 25.0 Å². The topological polar surface area (TPSA) is 3.24 Å². The van der Waals surface area contributed by atoms with Crippen molar-refractivity contribution in [3.8, 4) is 0 Å². The molecule has 0 aromatic heterocycles. The van der Waals surface area contributed by atoms with Gasteiger partial charge in [-0.15, -0.1) is 0 Å². The molecule has 0 saturated heterocycles. The second-order valence-corrected chi connectivity index (χ2v) is 3.55. The van der Waals surface area contributed by atoms with E-state index in [-0.39, 0.29) is 0 Å². The first-order valence-electron chi connectivity index (χ1n) is 5.88. The zero-order chi connectivity index (χ0) is 10.7. The summed E-state index contributed by atoms with van der Waals surface area (Å²) in [7, 11) is 4.38. The first-order valence-corrected chi connectivity index (χ1v) is 5.88. The molecule has 0 rings (SSSR count). The van der Waals surface area contributed by atoms with Gasteiger partial charge in [0.05, 0.1) is 0 Å². The van der Waals surface area contributed by atoms with Crippen LogP contribution in [0, 0.1) is 0 Å². The van der Waals surface area contributed by atoms with Crippen molar-refractivity contribution in [1.29, 1.82) is 0 Å². The quantitative estimate of drug-likeness (QED) is 0.609. The lowest BCUT2D eigenvalue weighted by molar-refractivity contribution is 0.257. The van der Waals surface area contributed by atoms with Crippen LogP contribution in [0.25, 0.3) is 0 Å². The van der Waals surface area contributed by atoms with Crippen molar-refractivity contribution in [2.75, 3.05) is 14.1 Å². The molecule has 0 amide bonds. The Kier molecular flexibility index (Phi) is 14.2. The highest BCUT2D eigenvalue weighted by Gasteiger charge is 2.08. The molecular weight excluding hydrogens is 158 g/mol. The predicted molar refractivity (Wildman–Crippen MR) is 63.3 cm³/mol. The van der Waals surface area contributed by atoms with Crippen LogP contribution in [0.15, 0.2) is 0 Å². The molecule has 0 bridgehead atoms. The fourth-order valence-corrected chi connectivity index (χ4v) is 1.43. The van der Waals surface area contributed by atoms with Crippen molar-refractivity contribution < 1.29 is 0 Å². The number of nitrogens with zero attached hydrogens (tertiary/aromatic N) is 1. The second kappa shape index (κ2) is 12.0. The van der Waals surface area contributed by atoms with Gasteiger partial charge in [-0.25, -0.2) is 0 Å². The molecule has 0 aliphatic rings. The highest BCUT2D eigenvalue weighted by atomic mass is 15.1. The standard InChI is InChI=1S/C10H23N.C2H6/c1-5-7-9-10(8-6-2)11(3)4;1-2/h10H,5-9H2,1-4H3;1-2H3. The van der Waals surface area contributed by atoms with E-state index in [0.717, 1.165) is 6.04 Å². The summed E-state index contributed by atoms with van der Waals surface area (Å²) in [4.78, 5) is 2.36. The zero-order valence-electron chi connectivity index (χ0n) is 10.6. The van der Waals surface area contributed by atoms with E-state index in [1.165, 1.54) is 32.1 Å². The second-order valence-electron chi connectivity index (χ2n) is 3.55.